The fourth-order valence-corrected chi connectivity index (χ4v) is 3.96. The largest absolute Gasteiger partial charge is 0.311 e. The van der Waals surface area contributed by atoms with Gasteiger partial charge in [0.2, 0.25) is 5.91 Å². The van der Waals surface area contributed by atoms with E-state index >= 15 is 0 Å². The fourth-order valence-electron chi connectivity index (χ4n) is 3.96. The van der Waals surface area contributed by atoms with E-state index in [2.05, 4.69) is 24.3 Å². The van der Waals surface area contributed by atoms with Crippen molar-refractivity contribution in [2.45, 2.75) is 70.8 Å². The third-order valence-electron chi connectivity index (χ3n) is 5.14. The topological polar surface area (TPSA) is 46.9 Å². The van der Waals surface area contributed by atoms with Gasteiger partial charge in [-0.3, -0.25) is 4.79 Å². The quantitative estimate of drug-likeness (QED) is 0.907. The second kappa shape index (κ2) is 5.58. The van der Waals surface area contributed by atoms with Crippen molar-refractivity contribution in [3.8, 4) is 0 Å². The molecule has 20 heavy (non-hydrogen) atoms. The van der Waals surface area contributed by atoms with Crippen LogP contribution in [0.1, 0.15) is 76.3 Å². The number of nitrogens with one attached hydrogen (secondary N) is 1. The standard InChI is InChI=1S/C16H25N3O/c1-3-12(4-2)19-16-14(10-17-19)13(9-15(20)18-16)11-7-5-6-8-11/h10-13H,3-9H2,1-2H3,(H,18,20). The summed E-state index contributed by atoms with van der Waals surface area (Å²) in [6.45, 7) is 4.36. The average Bonchev–Trinajstić information content (AvgIpc) is 3.09. The lowest BCUT2D eigenvalue weighted by atomic mass is 9.81. The molecule has 0 spiro atoms. The van der Waals surface area contributed by atoms with Crippen LogP contribution in [0.25, 0.3) is 0 Å². The van der Waals surface area contributed by atoms with Gasteiger partial charge in [-0.25, -0.2) is 4.68 Å². The Morgan fingerprint density at radius 2 is 2.05 bits per heavy atom. The molecule has 1 aromatic heterocycles. The maximum atomic E-state index is 12.1. The monoisotopic (exact) mass is 275 g/mol. The summed E-state index contributed by atoms with van der Waals surface area (Å²) in [6, 6.07) is 0.390. The molecule has 1 aromatic rings. The van der Waals surface area contributed by atoms with Crippen LogP contribution in [0.2, 0.25) is 0 Å². The normalized spacial score (nSPS) is 23.1. The van der Waals surface area contributed by atoms with Gasteiger partial charge >= 0.3 is 0 Å². The molecule has 4 heteroatoms. The number of aromatic nitrogens is 2. The molecule has 3 rings (SSSR count). The SMILES string of the molecule is CCC(CC)n1ncc2c1NC(=O)CC2C1CCCC1. The maximum absolute atomic E-state index is 12.1. The first-order valence-corrected chi connectivity index (χ1v) is 8.11. The van der Waals surface area contributed by atoms with Gasteiger partial charge in [0, 0.05) is 17.9 Å². The molecule has 1 atom stereocenters. The Labute approximate surface area is 120 Å². The minimum atomic E-state index is 0.169. The number of hydrogen-bond donors (Lipinski definition) is 1. The van der Waals surface area contributed by atoms with Crippen LogP contribution in [-0.2, 0) is 4.79 Å². The first-order chi connectivity index (χ1) is 9.74. The van der Waals surface area contributed by atoms with Crippen molar-refractivity contribution < 1.29 is 4.79 Å². The first-order valence-electron chi connectivity index (χ1n) is 8.11. The van der Waals surface area contributed by atoms with Crippen LogP contribution in [0.15, 0.2) is 6.20 Å². The molecular formula is C16H25N3O. The van der Waals surface area contributed by atoms with Gasteiger partial charge in [0.25, 0.3) is 0 Å². The zero-order valence-corrected chi connectivity index (χ0v) is 12.6. The molecule has 2 heterocycles. The van der Waals surface area contributed by atoms with Crippen LogP contribution < -0.4 is 5.32 Å². The third kappa shape index (κ3) is 2.25. The number of carbonyl (C=O) groups excluding carboxylic acids is 1. The Morgan fingerprint density at radius 1 is 1.35 bits per heavy atom. The van der Waals surface area contributed by atoms with Crippen LogP contribution in [0.5, 0.6) is 0 Å². The third-order valence-corrected chi connectivity index (χ3v) is 5.14. The molecule has 0 saturated heterocycles. The lowest BCUT2D eigenvalue weighted by Gasteiger charge is -2.29. The Hall–Kier alpha value is -1.32. The molecule has 1 saturated carbocycles. The second-order valence-electron chi connectivity index (χ2n) is 6.27. The molecule has 2 aliphatic rings. The van der Waals surface area contributed by atoms with Crippen molar-refractivity contribution in [3.63, 3.8) is 0 Å². The molecule has 1 unspecified atom stereocenters. The highest BCUT2D eigenvalue weighted by atomic mass is 16.1. The van der Waals surface area contributed by atoms with Gasteiger partial charge < -0.3 is 5.32 Å². The summed E-state index contributed by atoms with van der Waals surface area (Å²) >= 11 is 0. The molecule has 0 bridgehead atoms. The number of carbonyl (C=O) groups is 1. The highest BCUT2D eigenvalue weighted by Crippen LogP contribution is 2.44. The molecule has 1 aliphatic carbocycles. The summed E-state index contributed by atoms with van der Waals surface area (Å²) in [5.74, 6) is 2.22. The molecule has 0 aromatic carbocycles. The van der Waals surface area contributed by atoms with E-state index in [1.54, 1.807) is 0 Å². The number of fused-ring (bicyclic) bond motifs is 1. The highest BCUT2D eigenvalue weighted by Gasteiger charge is 2.35. The molecule has 1 aliphatic heterocycles. The Kier molecular flexibility index (Phi) is 3.81. The fraction of sp³-hybridized carbons (Fsp3) is 0.750. The van der Waals surface area contributed by atoms with Crippen molar-refractivity contribution in [2.24, 2.45) is 5.92 Å². The molecule has 1 N–H and O–H groups in total. The lowest BCUT2D eigenvalue weighted by Crippen LogP contribution is -2.28. The van der Waals surface area contributed by atoms with Crippen molar-refractivity contribution in [2.75, 3.05) is 5.32 Å². The van der Waals surface area contributed by atoms with Crippen LogP contribution in [-0.4, -0.2) is 15.7 Å². The van der Waals surface area contributed by atoms with Gasteiger partial charge in [0.15, 0.2) is 0 Å². The van der Waals surface area contributed by atoms with Crippen molar-refractivity contribution in [3.05, 3.63) is 11.8 Å². The first kappa shape index (κ1) is 13.7. The number of rotatable bonds is 4. The molecule has 4 nitrogen and oxygen atoms in total. The van der Waals surface area contributed by atoms with E-state index in [4.69, 9.17) is 0 Å². The zero-order valence-electron chi connectivity index (χ0n) is 12.6. The maximum Gasteiger partial charge on any atom is 0.226 e. The van der Waals surface area contributed by atoms with Gasteiger partial charge in [0.05, 0.1) is 12.2 Å². The number of hydrogen-bond acceptors (Lipinski definition) is 2. The summed E-state index contributed by atoms with van der Waals surface area (Å²) in [5, 5.41) is 7.67. The van der Waals surface area contributed by atoms with E-state index in [1.807, 2.05) is 10.9 Å². The van der Waals surface area contributed by atoms with Gasteiger partial charge in [0.1, 0.15) is 5.82 Å². The van der Waals surface area contributed by atoms with Gasteiger partial charge in [-0.15, -0.1) is 0 Å². The average molecular weight is 275 g/mol. The van der Waals surface area contributed by atoms with Crippen LogP contribution >= 0.6 is 0 Å². The Morgan fingerprint density at radius 3 is 2.70 bits per heavy atom. The van der Waals surface area contributed by atoms with E-state index in [0.29, 0.717) is 24.3 Å². The molecule has 110 valence electrons. The zero-order chi connectivity index (χ0) is 14.1. The van der Waals surface area contributed by atoms with E-state index in [9.17, 15) is 4.79 Å². The number of amides is 1. The summed E-state index contributed by atoms with van der Waals surface area (Å²) in [4.78, 5) is 12.1. The number of nitrogens with zero attached hydrogens (tertiary/aromatic N) is 2. The van der Waals surface area contributed by atoms with E-state index in [1.165, 1.54) is 31.2 Å². The molecule has 0 radical (unpaired) electrons. The summed E-state index contributed by atoms with van der Waals surface area (Å²) in [6.07, 6.45) is 9.93. The lowest BCUT2D eigenvalue weighted by molar-refractivity contribution is -0.117. The van der Waals surface area contributed by atoms with Gasteiger partial charge in [-0.05, 0) is 31.6 Å². The van der Waals surface area contributed by atoms with Crippen molar-refractivity contribution >= 4 is 11.7 Å². The Balaban J connectivity index is 1.95. The van der Waals surface area contributed by atoms with Crippen LogP contribution in [0, 0.1) is 5.92 Å². The summed E-state index contributed by atoms with van der Waals surface area (Å²) in [5.41, 5.74) is 1.28. The molecular weight excluding hydrogens is 250 g/mol. The van der Waals surface area contributed by atoms with Crippen molar-refractivity contribution in [1.82, 2.24) is 9.78 Å². The predicted molar refractivity (Wildman–Crippen MR) is 79.8 cm³/mol. The minimum absolute atomic E-state index is 0.169. The van der Waals surface area contributed by atoms with E-state index < -0.39 is 0 Å². The summed E-state index contributed by atoms with van der Waals surface area (Å²) < 4.78 is 2.05. The van der Waals surface area contributed by atoms with Crippen molar-refractivity contribution in [1.29, 1.82) is 0 Å². The van der Waals surface area contributed by atoms with Gasteiger partial charge in [-0.2, -0.15) is 5.10 Å². The van der Waals surface area contributed by atoms with Gasteiger partial charge in [-0.1, -0.05) is 26.7 Å². The Bertz CT molecular complexity index is 484. The highest BCUT2D eigenvalue weighted by molar-refractivity contribution is 5.93. The molecule has 1 amide bonds. The summed E-state index contributed by atoms with van der Waals surface area (Å²) in [7, 11) is 0. The van der Waals surface area contributed by atoms with E-state index in [0.717, 1.165) is 18.7 Å². The second-order valence-corrected chi connectivity index (χ2v) is 6.27. The van der Waals surface area contributed by atoms with Crippen LogP contribution in [0.4, 0.5) is 5.82 Å². The number of anilines is 1. The van der Waals surface area contributed by atoms with Crippen LogP contribution in [0.3, 0.4) is 0 Å². The predicted octanol–water partition coefficient (Wildman–Crippen LogP) is 3.86. The molecule has 1 fully saturated rings. The minimum Gasteiger partial charge on any atom is -0.311 e. The smallest absolute Gasteiger partial charge is 0.226 e. The van der Waals surface area contributed by atoms with E-state index in [-0.39, 0.29) is 5.91 Å².